The summed E-state index contributed by atoms with van der Waals surface area (Å²) in [5.41, 5.74) is -0.720. The van der Waals surface area contributed by atoms with Crippen LogP contribution >= 0.6 is 0 Å². The standard InChI is InChI=1S/C19H26O3/c1-18(11-5-3-7-16(18)21)13-9-15(20)10-14-19(2)12-6-4-8-17(19)22/h3-8,11-12,16-17,21-22H,9-10,13-14H2,1-2H3. The smallest absolute Gasteiger partial charge is 0.132 e. The van der Waals surface area contributed by atoms with Gasteiger partial charge in [0.2, 0.25) is 0 Å². The lowest BCUT2D eigenvalue weighted by molar-refractivity contribution is -0.120. The van der Waals surface area contributed by atoms with E-state index in [4.69, 9.17) is 0 Å². The van der Waals surface area contributed by atoms with Gasteiger partial charge >= 0.3 is 0 Å². The van der Waals surface area contributed by atoms with E-state index >= 15 is 0 Å². The molecular weight excluding hydrogens is 276 g/mol. The highest BCUT2D eigenvalue weighted by molar-refractivity contribution is 5.78. The number of ketones is 1. The Balaban J connectivity index is 1.81. The average molecular weight is 302 g/mol. The molecule has 120 valence electrons. The highest BCUT2D eigenvalue weighted by Gasteiger charge is 2.32. The molecule has 0 heterocycles. The van der Waals surface area contributed by atoms with Crippen molar-refractivity contribution in [3.63, 3.8) is 0 Å². The normalized spacial score (nSPS) is 36.7. The van der Waals surface area contributed by atoms with Crippen molar-refractivity contribution in [2.24, 2.45) is 10.8 Å². The van der Waals surface area contributed by atoms with Crippen LogP contribution in [-0.4, -0.2) is 28.2 Å². The number of aliphatic hydroxyl groups is 2. The number of hydrogen-bond donors (Lipinski definition) is 2. The molecule has 0 aromatic heterocycles. The number of carbonyl (C=O) groups excluding carboxylic acids is 1. The highest BCUT2D eigenvalue weighted by Crippen LogP contribution is 2.35. The Morgan fingerprint density at radius 3 is 1.64 bits per heavy atom. The summed E-state index contributed by atoms with van der Waals surface area (Å²) >= 11 is 0. The Morgan fingerprint density at radius 2 is 1.27 bits per heavy atom. The Morgan fingerprint density at radius 1 is 0.864 bits per heavy atom. The van der Waals surface area contributed by atoms with E-state index in [1.807, 2.05) is 50.3 Å². The zero-order valence-electron chi connectivity index (χ0n) is 13.4. The molecule has 2 aliphatic carbocycles. The second-order valence-electron chi connectivity index (χ2n) is 6.93. The molecule has 0 aromatic carbocycles. The van der Waals surface area contributed by atoms with Gasteiger partial charge in [-0.15, -0.1) is 0 Å². The van der Waals surface area contributed by atoms with Gasteiger partial charge in [0, 0.05) is 23.7 Å². The van der Waals surface area contributed by atoms with Gasteiger partial charge in [-0.25, -0.2) is 0 Å². The van der Waals surface area contributed by atoms with Gasteiger partial charge in [-0.3, -0.25) is 4.79 Å². The van der Waals surface area contributed by atoms with Gasteiger partial charge in [-0.2, -0.15) is 0 Å². The molecule has 0 radical (unpaired) electrons. The molecule has 0 bridgehead atoms. The molecule has 0 saturated carbocycles. The van der Waals surface area contributed by atoms with Gasteiger partial charge in [0.15, 0.2) is 0 Å². The molecule has 0 fully saturated rings. The summed E-state index contributed by atoms with van der Waals surface area (Å²) in [4.78, 5) is 12.2. The predicted octanol–water partition coefficient (Wildman–Crippen LogP) is 3.10. The summed E-state index contributed by atoms with van der Waals surface area (Å²) in [5, 5.41) is 20.1. The van der Waals surface area contributed by atoms with E-state index in [-0.39, 0.29) is 16.6 Å². The fourth-order valence-corrected chi connectivity index (χ4v) is 2.93. The lowest BCUT2D eigenvalue weighted by Crippen LogP contribution is -2.32. The molecule has 4 unspecified atom stereocenters. The third-order valence-corrected chi connectivity index (χ3v) is 5.00. The van der Waals surface area contributed by atoms with Crippen LogP contribution in [0.3, 0.4) is 0 Å². The third-order valence-electron chi connectivity index (χ3n) is 5.00. The van der Waals surface area contributed by atoms with Crippen LogP contribution in [-0.2, 0) is 4.79 Å². The van der Waals surface area contributed by atoms with Crippen molar-refractivity contribution in [1.29, 1.82) is 0 Å². The minimum absolute atomic E-state index is 0.188. The van der Waals surface area contributed by atoms with Crippen molar-refractivity contribution in [2.45, 2.75) is 51.7 Å². The van der Waals surface area contributed by atoms with Crippen molar-refractivity contribution in [3.8, 4) is 0 Å². The first-order valence-corrected chi connectivity index (χ1v) is 7.96. The second kappa shape index (κ2) is 6.76. The Kier molecular flexibility index (Phi) is 5.20. The largest absolute Gasteiger partial charge is 0.388 e. The van der Waals surface area contributed by atoms with Gasteiger partial charge in [0.05, 0.1) is 12.2 Å². The lowest BCUT2D eigenvalue weighted by atomic mass is 9.75. The topological polar surface area (TPSA) is 57.5 Å². The van der Waals surface area contributed by atoms with Crippen LogP contribution in [0.25, 0.3) is 0 Å². The van der Waals surface area contributed by atoms with E-state index in [0.29, 0.717) is 25.7 Å². The summed E-state index contributed by atoms with van der Waals surface area (Å²) in [6.45, 7) is 3.95. The molecule has 0 aromatic rings. The molecule has 2 rings (SSSR count). The molecule has 0 saturated heterocycles. The van der Waals surface area contributed by atoms with E-state index in [9.17, 15) is 15.0 Å². The summed E-state index contributed by atoms with van der Waals surface area (Å²) in [7, 11) is 0. The fraction of sp³-hybridized carbons (Fsp3) is 0.526. The maximum Gasteiger partial charge on any atom is 0.132 e. The second-order valence-corrected chi connectivity index (χ2v) is 6.93. The van der Waals surface area contributed by atoms with Crippen LogP contribution in [0.2, 0.25) is 0 Å². The molecule has 22 heavy (non-hydrogen) atoms. The first kappa shape index (κ1) is 16.9. The zero-order chi connectivity index (χ0) is 16.2. The minimum atomic E-state index is -0.531. The van der Waals surface area contributed by atoms with E-state index < -0.39 is 12.2 Å². The van der Waals surface area contributed by atoms with E-state index in [0.717, 1.165) is 0 Å². The Labute approximate surface area is 132 Å². The number of rotatable bonds is 6. The maximum atomic E-state index is 12.2. The average Bonchev–Trinajstić information content (AvgIpc) is 2.50. The lowest BCUT2D eigenvalue weighted by Gasteiger charge is -2.32. The van der Waals surface area contributed by atoms with E-state index in [2.05, 4.69) is 0 Å². The van der Waals surface area contributed by atoms with Crippen LogP contribution < -0.4 is 0 Å². The number of carbonyl (C=O) groups is 1. The van der Waals surface area contributed by atoms with Crippen molar-refractivity contribution >= 4 is 5.78 Å². The molecule has 2 aliphatic rings. The number of aliphatic hydroxyl groups excluding tert-OH is 2. The van der Waals surface area contributed by atoms with Crippen LogP contribution in [0.5, 0.6) is 0 Å². The fourth-order valence-electron chi connectivity index (χ4n) is 2.93. The van der Waals surface area contributed by atoms with Gasteiger partial charge in [-0.1, -0.05) is 62.5 Å². The third kappa shape index (κ3) is 3.84. The number of Topliss-reactive ketones (excluding diaryl/α,β-unsaturated/α-hetero) is 1. The predicted molar refractivity (Wildman–Crippen MR) is 88.3 cm³/mol. The zero-order valence-corrected chi connectivity index (χ0v) is 13.4. The first-order chi connectivity index (χ1) is 10.4. The highest BCUT2D eigenvalue weighted by atomic mass is 16.3. The molecule has 3 heteroatoms. The van der Waals surface area contributed by atoms with E-state index in [1.165, 1.54) is 0 Å². The van der Waals surface area contributed by atoms with Crippen LogP contribution in [0.4, 0.5) is 0 Å². The molecule has 0 amide bonds. The van der Waals surface area contributed by atoms with Gasteiger partial charge < -0.3 is 10.2 Å². The minimum Gasteiger partial charge on any atom is -0.388 e. The Hall–Kier alpha value is -1.45. The monoisotopic (exact) mass is 302 g/mol. The van der Waals surface area contributed by atoms with Gasteiger partial charge in [0.25, 0.3) is 0 Å². The molecule has 4 atom stereocenters. The SMILES string of the molecule is CC1(CCC(=O)CCC2(C)C=CC=CC2O)C=CC=CC1O. The summed E-state index contributed by atoms with van der Waals surface area (Å²) in [5.74, 6) is 0.188. The molecule has 0 spiro atoms. The van der Waals surface area contributed by atoms with Crippen molar-refractivity contribution in [3.05, 3.63) is 48.6 Å². The summed E-state index contributed by atoms with van der Waals surface area (Å²) < 4.78 is 0. The van der Waals surface area contributed by atoms with Crippen LogP contribution in [0.1, 0.15) is 39.5 Å². The summed E-state index contributed by atoms with van der Waals surface area (Å²) in [6, 6.07) is 0. The maximum absolute atomic E-state index is 12.2. The van der Waals surface area contributed by atoms with Crippen LogP contribution in [0.15, 0.2) is 48.6 Å². The Bertz CT molecular complexity index is 483. The first-order valence-electron chi connectivity index (χ1n) is 7.96. The van der Waals surface area contributed by atoms with Crippen LogP contribution in [0, 0.1) is 10.8 Å². The quantitative estimate of drug-likeness (QED) is 0.792. The van der Waals surface area contributed by atoms with Gasteiger partial charge in [-0.05, 0) is 12.8 Å². The number of hydrogen-bond acceptors (Lipinski definition) is 3. The molecular formula is C19H26O3. The van der Waals surface area contributed by atoms with Crippen molar-refractivity contribution < 1.29 is 15.0 Å². The van der Waals surface area contributed by atoms with E-state index in [1.54, 1.807) is 12.2 Å². The number of allylic oxidation sites excluding steroid dienone is 4. The van der Waals surface area contributed by atoms with Gasteiger partial charge in [0.1, 0.15) is 5.78 Å². The molecule has 3 nitrogen and oxygen atoms in total. The molecule has 0 aliphatic heterocycles. The summed E-state index contributed by atoms with van der Waals surface area (Å²) in [6.07, 6.45) is 16.1. The molecule has 2 N–H and O–H groups in total. The van der Waals surface area contributed by atoms with Crippen molar-refractivity contribution in [2.75, 3.05) is 0 Å². The van der Waals surface area contributed by atoms with Crippen molar-refractivity contribution in [1.82, 2.24) is 0 Å².